The van der Waals surface area contributed by atoms with Crippen molar-refractivity contribution in [3.05, 3.63) is 35.9 Å². The van der Waals surface area contributed by atoms with Gasteiger partial charge in [0.15, 0.2) is 0 Å². The van der Waals surface area contributed by atoms with E-state index in [2.05, 4.69) is 11.9 Å². The van der Waals surface area contributed by atoms with E-state index in [1.807, 2.05) is 30.3 Å². The molecule has 2 aliphatic heterocycles. The van der Waals surface area contributed by atoms with Gasteiger partial charge in [0.1, 0.15) is 12.0 Å². The highest BCUT2D eigenvalue weighted by Gasteiger charge is 2.40. The van der Waals surface area contributed by atoms with Crippen LogP contribution in [-0.2, 0) is 9.53 Å². The van der Waals surface area contributed by atoms with Crippen molar-refractivity contribution in [2.45, 2.75) is 49.8 Å². The Kier molecular flexibility index (Phi) is 4.27. The van der Waals surface area contributed by atoms with Crippen molar-refractivity contribution in [3.8, 4) is 0 Å². The molecule has 0 aromatic heterocycles. The van der Waals surface area contributed by atoms with Gasteiger partial charge < -0.3 is 14.7 Å². The molecule has 2 saturated heterocycles. The number of fused-ring (bicyclic) bond motifs is 2. The fourth-order valence-corrected chi connectivity index (χ4v) is 3.71. The van der Waals surface area contributed by atoms with E-state index >= 15 is 0 Å². The van der Waals surface area contributed by atoms with E-state index in [1.54, 1.807) is 0 Å². The van der Waals surface area contributed by atoms with Crippen LogP contribution in [0.1, 0.15) is 37.2 Å². The average molecular weight is 289 g/mol. The molecule has 1 aromatic rings. The molecule has 1 N–H and O–H groups in total. The summed E-state index contributed by atoms with van der Waals surface area (Å²) < 4.78 is 5.70. The zero-order valence-electron chi connectivity index (χ0n) is 12.4. The Morgan fingerprint density at radius 2 is 1.90 bits per heavy atom. The van der Waals surface area contributed by atoms with Gasteiger partial charge in [-0.2, -0.15) is 0 Å². The summed E-state index contributed by atoms with van der Waals surface area (Å²) >= 11 is 0. The summed E-state index contributed by atoms with van der Waals surface area (Å²) in [7, 11) is 2.17. The second-order valence-electron chi connectivity index (χ2n) is 6.23. The molecule has 4 atom stereocenters. The molecule has 0 spiro atoms. The molecule has 0 unspecified atom stereocenters. The Morgan fingerprint density at radius 3 is 2.48 bits per heavy atom. The molecule has 1 aromatic carbocycles. The quantitative estimate of drug-likeness (QED) is 0.861. The Morgan fingerprint density at radius 1 is 1.29 bits per heavy atom. The van der Waals surface area contributed by atoms with Crippen molar-refractivity contribution in [3.63, 3.8) is 0 Å². The van der Waals surface area contributed by atoms with Crippen molar-refractivity contribution in [2.75, 3.05) is 13.7 Å². The van der Waals surface area contributed by atoms with Crippen LogP contribution in [0.4, 0.5) is 0 Å². The lowest BCUT2D eigenvalue weighted by Gasteiger charge is -2.36. The van der Waals surface area contributed by atoms with Gasteiger partial charge in [-0.15, -0.1) is 0 Å². The van der Waals surface area contributed by atoms with Gasteiger partial charge in [-0.05, 0) is 38.3 Å². The molecular weight excluding hydrogens is 266 g/mol. The number of aliphatic hydroxyl groups excluding tert-OH is 1. The second kappa shape index (κ2) is 6.16. The molecular formula is C17H23NO3. The van der Waals surface area contributed by atoms with E-state index in [4.69, 9.17) is 4.74 Å². The first-order chi connectivity index (χ1) is 10.2. The molecule has 2 aliphatic rings. The highest BCUT2D eigenvalue weighted by Crippen LogP contribution is 2.36. The number of aliphatic hydroxyl groups is 1. The maximum Gasteiger partial charge on any atom is 0.316 e. The van der Waals surface area contributed by atoms with Crippen molar-refractivity contribution in [2.24, 2.45) is 0 Å². The number of ether oxygens (including phenoxy) is 1. The monoisotopic (exact) mass is 289 g/mol. The minimum atomic E-state index is -0.566. The second-order valence-corrected chi connectivity index (χ2v) is 6.23. The fraction of sp³-hybridized carbons (Fsp3) is 0.588. The number of benzene rings is 1. The zero-order chi connectivity index (χ0) is 14.8. The van der Waals surface area contributed by atoms with E-state index in [0.29, 0.717) is 12.1 Å². The molecule has 2 fully saturated rings. The van der Waals surface area contributed by atoms with Crippen LogP contribution in [0, 0.1) is 0 Å². The lowest BCUT2D eigenvalue weighted by atomic mass is 9.98. The third kappa shape index (κ3) is 2.97. The maximum absolute atomic E-state index is 12.4. The minimum Gasteiger partial charge on any atom is -0.462 e. The van der Waals surface area contributed by atoms with Gasteiger partial charge in [0, 0.05) is 12.1 Å². The number of hydrogen-bond donors (Lipinski definition) is 1. The SMILES string of the molecule is CN1[C@@H]2CC[C@H]1C[C@H](OC(=O)[C@H](CO)c1ccccc1)C2. The summed E-state index contributed by atoms with van der Waals surface area (Å²) in [5, 5.41) is 9.53. The van der Waals surface area contributed by atoms with Gasteiger partial charge in [0.25, 0.3) is 0 Å². The van der Waals surface area contributed by atoms with Crippen molar-refractivity contribution in [1.29, 1.82) is 0 Å². The molecule has 21 heavy (non-hydrogen) atoms. The van der Waals surface area contributed by atoms with Crippen LogP contribution >= 0.6 is 0 Å². The van der Waals surface area contributed by atoms with Crippen molar-refractivity contribution in [1.82, 2.24) is 4.90 Å². The lowest BCUT2D eigenvalue weighted by molar-refractivity contribution is -0.155. The lowest BCUT2D eigenvalue weighted by Crippen LogP contribution is -2.43. The normalized spacial score (nSPS) is 30.1. The van der Waals surface area contributed by atoms with Gasteiger partial charge in [0.05, 0.1) is 6.61 Å². The summed E-state index contributed by atoms with van der Waals surface area (Å²) in [4.78, 5) is 14.8. The Balaban J connectivity index is 1.63. The largest absolute Gasteiger partial charge is 0.462 e. The predicted octanol–water partition coefficient (Wildman–Crippen LogP) is 1.93. The molecule has 2 bridgehead atoms. The van der Waals surface area contributed by atoms with Crippen LogP contribution in [0.5, 0.6) is 0 Å². The highest BCUT2D eigenvalue weighted by atomic mass is 16.5. The van der Waals surface area contributed by atoms with Crippen molar-refractivity contribution >= 4 is 5.97 Å². The Hall–Kier alpha value is -1.39. The summed E-state index contributed by atoms with van der Waals surface area (Å²) in [5.41, 5.74) is 0.820. The number of nitrogens with zero attached hydrogens (tertiary/aromatic N) is 1. The number of rotatable bonds is 4. The van der Waals surface area contributed by atoms with Gasteiger partial charge in [-0.3, -0.25) is 4.79 Å². The van der Waals surface area contributed by atoms with Crippen LogP contribution in [0.3, 0.4) is 0 Å². The van der Waals surface area contributed by atoms with Gasteiger partial charge in [-0.1, -0.05) is 30.3 Å². The first-order valence-electron chi connectivity index (χ1n) is 7.77. The topological polar surface area (TPSA) is 49.8 Å². The molecule has 0 amide bonds. The molecule has 4 nitrogen and oxygen atoms in total. The number of carbonyl (C=O) groups is 1. The van der Waals surface area contributed by atoms with Crippen LogP contribution in [-0.4, -0.2) is 47.8 Å². The van der Waals surface area contributed by atoms with E-state index in [9.17, 15) is 9.90 Å². The van der Waals surface area contributed by atoms with E-state index in [1.165, 1.54) is 12.8 Å². The van der Waals surface area contributed by atoms with Crippen LogP contribution in [0.2, 0.25) is 0 Å². The number of carbonyl (C=O) groups excluding carboxylic acids is 1. The fourth-order valence-electron chi connectivity index (χ4n) is 3.71. The van der Waals surface area contributed by atoms with Gasteiger partial charge in [0.2, 0.25) is 0 Å². The van der Waals surface area contributed by atoms with E-state index in [0.717, 1.165) is 18.4 Å². The first-order valence-corrected chi connectivity index (χ1v) is 7.77. The predicted molar refractivity (Wildman–Crippen MR) is 80.0 cm³/mol. The molecule has 114 valence electrons. The minimum absolute atomic E-state index is 0.00367. The molecule has 4 heteroatoms. The first kappa shape index (κ1) is 14.5. The molecule has 0 radical (unpaired) electrons. The number of hydrogen-bond acceptors (Lipinski definition) is 4. The number of esters is 1. The molecule has 0 saturated carbocycles. The van der Waals surface area contributed by atoms with Crippen molar-refractivity contribution < 1.29 is 14.6 Å². The summed E-state index contributed by atoms with van der Waals surface area (Å²) in [6.45, 7) is -0.206. The van der Waals surface area contributed by atoms with Crippen LogP contribution in [0.15, 0.2) is 30.3 Å². The standard InChI is InChI=1S/C17H23NO3/c1-18-13-7-8-14(18)10-15(9-13)21-17(20)16(11-19)12-5-3-2-4-6-12/h2-6,13-16,19H,7-11H2,1H3/t13-,14+,15-,16-/m1/s1. The van der Waals surface area contributed by atoms with E-state index < -0.39 is 5.92 Å². The maximum atomic E-state index is 12.4. The summed E-state index contributed by atoms with van der Waals surface area (Å²) in [6, 6.07) is 10.5. The highest BCUT2D eigenvalue weighted by molar-refractivity contribution is 5.78. The van der Waals surface area contributed by atoms with Crippen LogP contribution in [0.25, 0.3) is 0 Å². The van der Waals surface area contributed by atoms with E-state index in [-0.39, 0.29) is 18.7 Å². The smallest absolute Gasteiger partial charge is 0.316 e. The zero-order valence-corrected chi connectivity index (χ0v) is 12.4. The third-order valence-corrected chi connectivity index (χ3v) is 5.01. The van der Waals surface area contributed by atoms with Gasteiger partial charge in [-0.25, -0.2) is 0 Å². The van der Waals surface area contributed by atoms with Crippen LogP contribution < -0.4 is 0 Å². The molecule has 3 rings (SSSR count). The Bertz CT molecular complexity index is 476. The van der Waals surface area contributed by atoms with Gasteiger partial charge >= 0.3 is 5.97 Å². The molecule has 2 heterocycles. The number of piperidine rings is 1. The summed E-state index contributed by atoms with van der Waals surface area (Å²) in [6.07, 6.45) is 4.26. The Labute approximate surface area is 125 Å². The molecule has 0 aliphatic carbocycles. The summed E-state index contributed by atoms with van der Waals surface area (Å²) in [5.74, 6) is -0.860. The third-order valence-electron chi connectivity index (χ3n) is 5.01. The average Bonchev–Trinajstić information content (AvgIpc) is 2.72.